The van der Waals surface area contributed by atoms with E-state index in [-0.39, 0.29) is 11.6 Å². The summed E-state index contributed by atoms with van der Waals surface area (Å²) in [6, 6.07) is 24.9. The van der Waals surface area contributed by atoms with Gasteiger partial charge < -0.3 is 21.5 Å². The van der Waals surface area contributed by atoms with Crippen molar-refractivity contribution in [2.45, 2.75) is 25.4 Å². The Labute approximate surface area is 181 Å². The summed E-state index contributed by atoms with van der Waals surface area (Å²) in [6.45, 7) is 0.617. The lowest BCUT2D eigenvalue weighted by Crippen LogP contribution is -2.37. The Morgan fingerprint density at radius 3 is 2.20 bits per heavy atom. The first-order valence-electron chi connectivity index (χ1n) is 9.78. The highest BCUT2D eigenvalue weighted by Crippen LogP contribution is 2.26. The Balaban J connectivity index is 1.73. The number of benzene rings is 3. The summed E-state index contributed by atoms with van der Waals surface area (Å²) in [5.74, 6) is -0.998. The molecule has 0 aliphatic heterocycles. The van der Waals surface area contributed by atoms with Crippen LogP contribution in [0.1, 0.15) is 39.5 Å². The second-order valence-corrected chi connectivity index (χ2v) is 7.45. The van der Waals surface area contributed by atoms with E-state index in [4.69, 9.17) is 18.0 Å². The molecule has 0 fully saturated rings. The average Bonchev–Trinajstić information content (AvgIpc) is 2.76. The van der Waals surface area contributed by atoms with Crippen molar-refractivity contribution >= 4 is 29.0 Å². The number of nitrogens with two attached hydrogens (primary N) is 1. The van der Waals surface area contributed by atoms with E-state index in [1.165, 1.54) is 11.6 Å². The van der Waals surface area contributed by atoms with Gasteiger partial charge in [0.1, 0.15) is 0 Å². The largest absolute Gasteiger partial charge is 0.478 e. The number of carbonyl (C=O) groups is 1. The summed E-state index contributed by atoms with van der Waals surface area (Å²) in [6.07, 6.45) is 1.59. The molecule has 0 spiro atoms. The number of thiocarbonyl (C=S) groups is 1. The average molecular weight is 420 g/mol. The fourth-order valence-electron chi connectivity index (χ4n) is 3.27. The van der Waals surface area contributed by atoms with Crippen LogP contribution >= 0.6 is 12.2 Å². The maximum absolute atomic E-state index is 11.2. The summed E-state index contributed by atoms with van der Waals surface area (Å²) in [5.41, 5.74) is 9.99. The molecule has 3 aromatic rings. The molecule has 6 heteroatoms. The van der Waals surface area contributed by atoms with Gasteiger partial charge >= 0.3 is 5.97 Å². The van der Waals surface area contributed by atoms with Crippen LogP contribution in [0.4, 0.5) is 5.69 Å². The number of carboxylic acids is 1. The van der Waals surface area contributed by atoms with Crippen LogP contribution in [0.5, 0.6) is 0 Å². The standard InChI is InChI=1S/C24H25N3O2S/c25-21-15-19(23(28)29)12-13-20(21)22(14-11-17-7-3-1-4-8-17)27-24(30)26-16-18-9-5-2-6-10-18/h1-10,12-13,15,22H,11,14,16,25H2,(H,28,29)(H2,26,27,30). The summed E-state index contributed by atoms with van der Waals surface area (Å²) in [4.78, 5) is 11.2. The third kappa shape index (κ3) is 6.06. The van der Waals surface area contributed by atoms with E-state index in [9.17, 15) is 9.90 Å². The topological polar surface area (TPSA) is 87.4 Å². The molecule has 0 amide bonds. The highest BCUT2D eigenvalue weighted by Gasteiger charge is 2.17. The van der Waals surface area contributed by atoms with Crippen molar-refractivity contribution in [1.29, 1.82) is 0 Å². The molecule has 0 aromatic heterocycles. The third-order valence-corrected chi connectivity index (χ3v) is 5.14. The number of aromatic carboxylic acids is 1. The van der Waals surface area contributed by atoms with Crippen LogP contribution in [0.15, 0.2) is 78.9 Å². The van der Waals surface area contributed by atoms with Gasteiger partial charge in [-0.15, -0.1) is 0 Å². The molecule has 3 rings (SSSR count). The van der Waals surface area contributed by atoms with Crippen LogP contribution < -0.4 is 16.4 Å². The molecule has 0 saturated heterocycles. The number of rotatable bonds is 8. The first kappa shape index (κ1) is 21.3. The van der Waals surface area contributed by atoms with Crippen molar-refractivity contribution in [3.63, 3.8) is 0 Å². The second kappa shape index (κ2) is 10.4. The Kier molecular flexibility index (Phi) is 7.40. The molecular weight excluding hydrogens is 394 g/mol. The molecule has 3 aromatic carbocycles. The summed E-state index contributed by atoms with van der Waals surface area (Å²) >= 11 is 5.51. The van der Waals surface area contributed by atoms with Gasteiger partial charge in [0.15, 0.2) is 5.11 Å². The van der Waals surface area contributed by atoms with E-state index in [1.807, 2.05) is 48.5 Å². The normalized spacial score (nSPS) is 11.5. The van der Waals surface area contributed by atoms with Gasteiger partial charge in [0, 0.05) is 12.2 Å². The Bertz CT molecular complexity index is 994. The zero-order chi connectivity index (χ0) is 21.3. The van der Waals surface area contributed by atoms with E-state index in [1.54, 1.807) is 12.1 Å². The maximum atomic E-state index is 11.2. The van der Waals surface area contributed by atoms with E-state index >= 15 is 0 Å². The lowest BCUT2D eigenvalue weighted by Gasteiger charge is -2.23. The van der Waals surface area contributed by atoms with E-state index in [2.05, 4.69) is 22.8 Å². The third-order valence-electron chi connectivity index (χ3n) is 4.87. The second-order valence-electron chi connectivity index (χ2n) is 7.04. The molecule has 0 bridgehead atoms. The molecule has 0 heterocycles. The Morgan fingerprint density at radius 1 is 0.967 bits per heavy atom. The molecule has 1 unspecified atom stereocenters. The smallest absolute Gasteiger partial charge is 0.335 e. The Hall–Kier alpha value is -3.38. The fourth-order valence-corrected chi connectivity index (χ4v) is 3.49. The van der Waals surface area contributed by atoms with Crippen molar-refractivity contribution in [1.82, 2.24) is 10.6 Å². The zero-order valence-electron chi connectivity index (χ0n) is 16.5. The van der Waals surface area contributed by atoms with Gasteiger partial charge in [0.25, 0.3) is 0 Å². The molecule has 30 heavy (non-hydrogen) atoms. The predicted octanol–water partition coefficient (Wildman–Crippen LogP) is 4.31. The molecule has 0 aliphatic rings. The van der Waals surface area contributed by atoms with Crippen LogP contribution in [0.2, 0.25) is 0 Å². The van der Waals surface area contributed by atoms with Gasteiger partial charge in [-0.1, -0.05) is 66.7 Å². The van der Waals surface area contributed by atoms with Gasteiger partial charge in [-0.05, 0) is 53.9 Å². The Morgan fingerprint density at radius 2 is 1.60 bits per heavy atom. The van der Waals surface area contributed by atoms with Crippen LogP contribution in [0.25, 0.3) is 0 Å². The minimum atomic E-state index is -0.998. The molecule has 0 aliphatic carbocycles. The number of aryl methyl sites for hydroxylation is 1. The van der Waals surface area contributed by atoms with Gasteiger partial charge in [0.2, 0.25) is 0 Å². The van der Waals surface area contributed by atoms with Crippen LogP contribution in [0.3, 0.4) is 0 Å². The zero-order valence-corrected chi connectivity index (χ0v) is 17.4. The molecule has 154 valence electrons. The monoisotopic (exact) mass is 419 g/mol. The highest BCUT2D eigenvalue weighted by atomic mass is 32.1. The minimum Gasteiger partial charge on any atom is -0.478 e. The van der Waals surface area contributed by atoms with Gasteiger partial charge in [-0.3, -0.25) is 0 Å². The number of nitrogens with one attached hydrogen (secondary N) is 2. The van der Waals surface area contributed by atoms with Gasteiger partial charge in [-0.2, -0.15) is 0 Å². The fraction of sp³-hybridized carbons (Fsp3) is 0.167. The molecule has 1 atom stereocenters. The van der Waals surface area contributed by atoms with Crippen molar-refractivity contribution in [2.24, 2.45) is 0 Å². The molecular formula is C24H25N3O2S. The van der Waals surface area contributed by atoms with Gasteiger partial charge in [-0.25, -0.2) is 4.79 Å². The molecule has 0 saturated carbocycles. The number of carboxylic acid groups (broad SMARTS) is 1. The van der Waals surface area contributed by atoms with Crippen molar-refractivity contribution < 1.29 is 9.90 Å². The quantitative estimate of drug-likeness (QED) is 0.322. The summed E-state index contributed by atoms with van der Waals surface area (Å²) in [5, 5.41) is 16.3. The van der Waals surface area contributed by atoms with Crippen LogP contribution in [0, 0.1) is 0 Å². The first-order valence-corrected chi connectivity index (χ1v) is 10.2. The predicted molar refractivity (Wildman–Crippen MR) is 124 cm³/mol. The summed E-state index contributed by atoms with van der Waals surface area (Å²) < 4.78 is 0. The maximum Gasteiger partial charge on any atom is 0.335 e. The highest BCUT2D eigenvalue weighted by molar-refractivity contribution is 7.80. The van der Waals surface area contributed by atoms with Crippen molar-refractivity contribution in [2.75, 3.05) is 5.73 Å². The van der Waals surface area contributed by atoms with E-state index < -0.39 is 5.97 Å². The number of anilines is 1. The number of nitrogen functional groups attached to an aromatic ring is 1. The van der Waals surface area contributed by atoms with Crippen LogP contribution in [-0.2, 0) is 13.0 Å². The first-order chi connectivity index (χ1) is 14.5. The lowest BCUT2D eigenvalue weighted by molar-refractivity contribution is 0.0697. The molecule has 5 N–H and O–H groups in total. The SMILES string of the molecule is Nc1cc(C(=O)O)ccc1C(CCc1ccccc1)NC(=S)NCc1ccccc1. The number of hydrogen-bond donors (Lipinski definition) is 4. The van der Waals surface area contributed by atoms with Crippen molar-refractivity contribution in [3.8, 4) is 0 Å². The van der Waals surface area contributed by atoms with Crippen LogP contribution in [-0.4, -0.2) is 16.2 Å². The van der Waals surface area contributed by atoms with E-state index in [0.717, 1.165) is 24.0 Å². The number of hydrogen-bond acceptors (Lipinski definition) is 3. The van der Waals surface area contributed by atoms with Gasteiger partial charge in [0.05, 0.1) is 11.6 Å². The summed E-state index contributed by atoms with van der Waals surface area (Å²) in [7, 11) is 0. The molecule has 0 radical (unpaired) electrons. The minimum absolute atomic E-state index is 0.149. The van der Waals surface area contributed by atoms with Crippen molar-refractivity contribution in [3.05, 3.63) is 101 Å². The lowest BCUT2D eigenvalue weighted by atomic mass is 9.96. The van der Waals surface area contributed by atoms with E-state index in [0.29, 0.717) is 17.3 Å². The molecule has 5 nitrogen and oxygen atoms in total.